The predicted molar refractivity (Wildman–Crippen MR) is 110 cm³/mol. The van der Waals surface area contributed by atoms with Crippen LogP contribution in [0.1, 0.15) is 38.1 Å². The molecule has 0 spiro atoms. The molecule has 4 N–H and O–H groups in total. The highest BCUT2D eigenvalue weighted by Gasteiger charge is 2.32. The van der Waals surface area contributed by atoms with E-state index in [1.807, 2.05) is 6.07 Å². The Balaban J connectivity index is 1.76. The Morgan fingerprint density at radius 3 is 2.48 bits per heavy atom. The lowest BCUT2D eigenvalue weighted by Gasteiger charge is -2.36. The number of anilines is 1. The van der Waals surface area contributed by atoms with E-state index in [2.05, 4.69) is 4.90 Å². The zero-order valence-electron chi connectivity index (χ0n) is 16.6. The summed E-state index contributed by atoms with van der Waals surface area (Å²) >= 11 is 0. The van der Waals surface area contributed by atoms with E-state index in [0.717, 1.165) is 44.5 Å². The third-order valence-corrected chi connectivity index (χ3v) is 6.18. The molecule has 158 valence electrons. The molecule has 1 aliphatic carbocycles. The summed E-state index contributed by atoms with van der Waals surface area (Å²) < 4.78 is 7.99. The molecular formula is C20H28N4O5. The van der Waals surface area contributed by atoms with Gasteiger partial charge in [0.05, 0.1) is 24.3 Å². The van der Waals surface area contributed by atoms with Crippen LogP contribution in [0.2, 0.25) is 0 Å². The molecule has 1 aromatic heterocycles. The fourth-order valence-electron chi connectivity index (χ4n) is 4.42. The number of nitrogen functional groups attached to an aromatic ring is 1. The summed E-state index contributed by atoms with van der Waals surface area (Å²) in [6.07, 6.45) is 3.22. The van der Waals surface area contributed by atoms with Gasteiger partial charge in [-0.3, -0.25) is 9.36 Å². The van der Waals surface area contributed by atoms with Gasteiger partial charge in [0.25, 0.3) is 5.56 Å². The number of hydrogen-bond acceptors (Lipinski definition) is 7. The summed E-state index contributed by atoms with van der Waals surface area (Å²) in [7, 11) is 1.55. The minimum absolute atomic E-state index is 0.0166. The normalized spacial score (nSPS) is 18.9. The van der Waals surface area contributed by atoms with Gasteiger partial charge in [-0.2, -0.15) is 4.68 Å². The van der Waals surface area contributed by atoms with Crippen molar-refractivity contribution in [3.8, 4) is 5.75 Å². The Kier molecular flexibility index (Phi) is 5.26. The molecule has 1 saturated carbocycles. The Labute approximate surface area is 167 Å². The van der Waals surface area contributed by atoms with Crippen molar-refractivity contribution in [3.63, 3.8) is 0 Å². The molecule has 2 aromatic rings. The van der Waals surface area contributed by atoms with E-state index >= 15 is 0 Å². The number of methoxy groups -OCH3 is 1. The van der Waals surface area contributed by atoms with E-state index in [9.17, 15) is 14.7 Å². The number of rotatable bonds is 6. The van der Waals surface area contributed by atoms with Crippen LogP contribution in [0.4, 0.5) is 5.69 Å². The Hall–Kier alpha value is -2.52. The van der Waals surface area contributed by atoms with E-state index in [1.165, 1.54) is 0 Å². The maximum Gasteiger partial charge on any atom is 0.350 e. The zero-order valence-corrected chi connectivity index (χ0v) is 16.6. The topological polar surface area (TPSA) is 123 Å². The van der Waals surface area contributed by atoms with Crippen molar-refractivity contribution in [2.75, 3.05) is 37.5 Å². The molecule has 0 radical (unpaired) electrons. The highest BCUT2D eigenvalue weighted by molar-refractivity contribution is 5.90. The molecule has 1 aromatic carbocycles. The smallest absolute Gasteiger partial charge is 0.350 e. The van der Waals surface area contributed by atoms with Crippen LogP contribution in [0.15, 0.2) is 21.7 Å². The molecule has 1 atom stereocenters. The van der Waals surface area contributed by atoms with Gasteiger partial charge in [-0.1, -0.05) is 0 Å². The number of nitrogens with two attached hydrogens (primary N) is 1. The summed E-state index contributed by atoms with van der Waals surface area (Å²) in [5.74, 6) is 6.40. The fraction of sp³-hybridized carbons (Fsp3) is 0.600. The van der Waals surface area contributed by atoms with Crippen LogP contribution in [0.5, 0.6) is 5.75 Å². The number of fused-ring (bicyclic) bond motifs is 1. The molecule has 9 nitrogen and oxygen atoms in total. The Morgan fingerprint density at radius 2 is 1.90 bits per heavy atom. The molecule has 0 amide bonds. The molecule has 29 heavy (non-hydrogen) atoms. The first-order valence-corrected chi connectivity index (χ1v) is 10.1. The number of aliphatic hydroxyl groups excluding tert-OH is 2. The van der Waals surface area contributed by atoms with Gasteiger partial charge in [0.15, 0.2) is 5.75 Å². The van der Waals surface area contributed by atoms with E-state index in [-0.39, 0.29) is 18.6 Å². The van der Waals surface area contributed by atoms with Crippen molar-refractivity contribution in [2.45, 2.75) is 44.2 Å². The van der Waals surface area contributed by atoms with Crippen LogP contribution in [0.25, 0.3) is 10.9 Å². The molecule has 2 heterocycles. The average Bonchev–Trinajstić information content (AvgIpc) is 3.57. The lowest BCUT2D eigenvalue weighted by Crippen LogP contribution is -2.44. The SMILES string of the molecule is COc1c(N2CCC(C(O)CCO)CC2)ccc2c(=O)n(N)c(=O)n(C3CC3)c12. The fourth-order valence-corrected chi connectivity index (χ4v) is 4.42. The first-order chi connectivity index (χ1) is 14.0. The van der Waals surface area contributed by atoms with Crippen LogP contribution in [0, 0.1) is 5.92 Å². The number of piperidine rings is 1. The highest BCUT2D eigenvalue weighted by atomic mass is 16.5. The van der Waals surface area contributed by atoms with Gasteiger partial charge in [-0.25, -0.2) is 4.79 Å². The summed E-state index contributed by atoms with van der Waals surface area (Å²) in [5.41, 5.74) is 0.286. The second kappa shape index (κ2) is 7.72. The van der Waals surface area contributed by atoms with Crippen molar-refractivity contribution >= 4 is 16.6 Å². The lowest BCUT2D eigenvalue weighted by atomic mass is 9.89. The summed E-state index contributed by atoms with van der Waals surface area (Å²) in [5, 5.41) is 19.6. The predicted octanol–water partition coefficient (Wildman–Crippen LogP) is 0.180. The standard InChI is InChI=1S/C20H28N4O5/c1-29-18-15(22-9-6-12(7-10-22)16(26)8-11-25)5-4-14-17(18)23(13-2-3-13)20(28)24(21)19(14)27/h4-5,12-13,16,25-26H,2-3,6-11,21H2,1H3. The third-order valence-electron chi connectivity index (χ3n) is 6.18. The van der Waals surface area contributed by atoms with Crippen molar-refractivity contribution in [2.24, 2.45) is 5.92 Å². The molecule has 2 fully saturated rings. The molecule has 9 heteroatoms. The first-order valence-electron chi connectivity index (χ1n) is 10.1. The summed E-state index contributed by atoms with van der Waals surface area (Å²) in [4.78, 5) is 27.5. The average molecular weight is 404 g/mol. The van der Waals surface area contributed by atoms with Crippen molar-refractivity contribution in [1.29, 1.82) is 0 Å². The first kappa shape index (κ1) is 19.8. The maximum absolute atomic E-state index is 12.7. The van der Waals surface area contributed by atoms with Crippen LogP contribution < -0.4 is 26.7 Å². The van der Waals surface area contributed by atoms with Gasteiger partial charge in [0.2, 0.25) is 0 Å². The van der Waals surface area contributed by atoms with E-state index in [0.29, 0.717) is 27.7 Å². The number of ether oxygens (including phenoxy) is 1. The summed E-state index contributed by atoms with van der Waals surface area (Å²) in [6, 6.07) is 3.59. The van der Waals surface area contributed by atoms with E-state index < -0.39 is 17.4 Å². The Morgan fingerprint density at radius 1 is 1.21 bits per heavy atom. The second-order valence-corrected chi connectivity index (χ2v) is 7.98. The van der Waals surface area contributed by atoms with E-state index in [4.69, 9.17) is 15.7 Å². The van der Waals surface area contributed by atoms with Crippen LogP contribution in [-0.2, 0) is 0 Å². The third kappa shape index (κ3) is 3.38. The van der Waals surface area contributed by atoms with Crippen LogP contribution >= 0.6 is 0 Å². The molecule has 4 rings (SSSR count). The largest absolute Gasteiger partial charge is 0.492 e. The zero-order chi connectivity index (χ0) is 20.7. The van der Waals surface area contributed by atoms with Gasteiger partial charge in [-0.15, -0.1) is 0 Å². The van der Waals surface area contributed by atoms with Gasteiger partial charge in [0, 0.05) is 25.7 Å². The van der Waals surface area contributed by atoms with Gasteiger partial charge < -0.3 is 25.7 Å². The molecule has 2 aliphatic rings. The molecule has 1 saturated heterocycles. The minimum Gasteiger partial charge on any atom is -0.492 e. The Bertz CT molecular complexity index is 1020. The number of benzene rings is 1. The minimum atomic E-state index is -0.530. The molecular weight excluding hydrogens is 376 g/mol. The number of aromatic nitrogens is 2. The molecule has 1 unspecified atom stereocenters. The quantitative estimate of drug-likeness (QED) is 0.587. The van der Waals surface area contributed by atoms with Crippen molar-refractivity contribution in [3.05, 3.63) is 33.0 Å². The van der Waals surface area contributed by atoms with Gasteiger partial charge in [-0.05, 0) is 50.2 Å². The molecule has 1 aliphatic heterocycles. The van der Waals surface area contributed by atoms with Crippen molar-refractivity contribution in [1.82, 2.24) is 9.24 Å². The maximum atomic E-state index is 12.7. The van der Waals surface area contributed by atoms with Crippen molar-refractivity contribution < 1.29 is 14.9 Å². The molecule has 0 bridgehead atoms. The van der Waals surface area contributed by atoms with Gasteiger partial charge in [0.1, 0.15) is 5.52 Å². The van der Waals surface area contributed by atoms with Crippen LogP contribution in [-0.4, -0.2) is 52.4 Å². The monoisotopic (exact) mass is 404 g/mol. The highest BCUT2D eigenvalue weighted by Crippen LogP contribution is 2.41. The second-order valence-electron chi connectivity index (χ2n) is 7.98. The van der Waals surface area contributed by atoms with E-state index in [1.54, 1.807) is 17.7 Å². The summed E-state index contributed by atoms with van der Waals surface area (Å²) in [6.45, 7) is 1.42. The lowest BCUT2D eigenvalue weighted by molar-refractivity contribution is 0.0670. The number of hydrogen-bond donors (Lipinski definition) is 3. The van der Waals surface area contributed by atoms with Crippen LogP contribution in [0.3, 0.4) is 0 Å². The number of aliphatic hydroxyl groups is 2. The van der Waals surface area contributed by atoms with Gasteiger partial charge >= 0.3 is 5.69 Å². The number of nitrogens with zero attached hydrogens (tertiary/aromatic N) is 3.